The van der Waals surface area contributed by atoms with Crippen molar-refractivity contribution >= 4 is 44.7 Å². The summed E-state index contributed by atoms with van der Waals surface area (Å²) >= 11 is 4.72. The first-order valence-electron chi connectivity index (χ1n) is 7.48. The molecule has 0 saturated carbocycles. The zero-order valence-corrected chi connectivity index (χ0v) is 15.8. The molecule has 0 amide bonds. The average Bonchev–Trinajstić information content (AvgIpc) is 2.64. The maximum absolute atomic E-state index is 11.9. The highest BCUT2D eigenvalue weighted by atomic mass is 79.9. The molecule has 0 N–H and O–H groups in total. The first kappa shape index (κ1) is 17.7. The summed E-state index contributed by atoms with van der Waals surface area (Å²) in [6, 6.07) is 13.2. The zero-order valence-electron chi connectivity index (χ0n) is 13.4. The van der Waals surface area contributed by atoms with Crippen molar-refractivity contribution in [3.63, 3.8) is 0 Å². The van der Waals surface area contributed by atoms with E-state index in [1.54, 1.807) is 13.3 Å². The fourth-order valence-electron chi connectivity index (χ4n) is 2.15. The van der Waals surface area contributed by atoms with E-state index in [0.717, 1.165) is 26.8 Å². The number of nitrogens with zero attached hydrogens (tertiary/aromatic N) is 2. The quantitative estimate of drug-likeness (QED) is 0.440. The minimum Gasteiger partial charge on any atom is -0.496 e. The van der Waals surface area contributed by atoms with Crippen molar-refractivity contribution in [3.05, 3.63) is 58.7 Å². The van der Waals surface area contributed by atoms with E-state index in [0.29, 0.717) is 5.03 Å². The second-order valence-corrected chi connectivity index (χ2v) is 6.97. The average molecular weight is 419 g/mol. The number of hydrogen-bond donors (Lipinski definition) is 0. The highest BCUT2D eigenvalue weighted by molar-refractivity contribution is 9.10. The van der Waals surface area contributed by atoms with Crippen LogP contribution in [0.25, 0.3) is 11.0 Å². The normalized spacial score (nSPS) is 10.6. The van der Waals surface area contributed by atoms with Gasteiger partial charge in [-0.2, -0.15) is 0 Å². The first-order chi connectivity index (χ1) is 12.2. The summed E-state index contributed by atoms with van der Waals surface area (Å²) in [6.07, 6.45) is 1.67. The Morgan fingerprint density at radius 2 is 2.00 bits per heavy atom. The van der Waals surface area contributed by atoms with Crippen LogP contribution in [0.15, 0.2) is 58.2 Å². The van der Waals surface area contributed by atoms with E-state index in [-0.39, 0.29) is 18.3 Å². The van der Waals surface area contributed by atoms with E-state index in [1.807, 2.05) is 42.5 Å². The van der Waals surface area contributed by atoms with Crippen LogP contribution >= 0.6 is 27.7 Å². The molecule has 0 bridgehead atoms. The third-order valence-electron chi connectivity index (χ3n) is 3.38. The maximum Gasteiger partial charge on any atom is 0.316 e. The Morgan fingerprint density at radius 1 is 1.20 bits per heavy atom. The number of fused-ring (bicyclic) bond motifs is 1. The van der Waals surface area contributed by atoms with Gasteiger partial charge in [-0.15, -0.1) is 0 Å². The predicted octanol–water partition coefficient (Wildman–Crippen LogP) is 4.24. The van der Waals surface area contributed by atoms with Crippen LogP contribution in [0.3, 0.4) is 0 Å². The van der Waals surface area contributed by atoms with E-state index in [9.17, 15) is 4.79 Å². The van der Waals surface area contributed by atoms with Crippen molar-refractivity contribution in [2.75, 3.05) is 12.9 Å². The molecule has 7 heteroatoms. The van der Waals surface area contributed by atoms with Crippen molar-refractivity contribution in [2.45, 2.75) is 11.6 Å². The van der Waals surface area contributed by atoms with Crippen molar-refractivity contribution < 1.29 is 14.3 Å². The lowest BCUT2D eigenvalue weighted by atomic mass is 10.2. The summed E-state index contributed by atoms with van der Waals surface area (Å²) in [5.74, 6) is 0.622. The fourth-order valence-corrected chi connectivity index (χ4v) is 3.38. The number of methoxy groups -OCH3 is 1. The molecule has 1 aromatic heterocycles. The number of rotatable bonds is 6. The lowest BCUT2D eigenvalue weighted by Crippen LogP contribution is -2.07. The molecule has 3 rings (SSSR count). The Bertz CT molecular complexity index is 904. The molecule has 0 aliphatic carbocycles. The number of carbonyl (C=O) groups is 1. The number of para-hydroxylation sites is 2. The van der Waals surface area contributed by atoms with Gasteiger partial charge in [0.15, 0.2) is 0 Å². The lowest BCUT2D eigenvalue weighted by molar-refractivity contribution is -0.141. The van der Waals surface area contributed by atoms with Gasteiger partial charge in [0.1, 0.15) is 17.4 Å². The molecule has 25 heavy (non-hydrogen) atoms. The van der Waals surface area contributed by atoms with E-state index >= 15 is 0 Å². The molecule has 2 aromatic carbocycles. The molecular formula is C18H15BrN2O3S. The molecular weight excluding hydrogens is 404 g/mol. The van der Waals surface area contributed by atoms with Crippen LogP contribution < -0.4 is 4.74 Å². The molecule has 3 aromatic rings. The van der Waals surface area contributed by atoms with Gasteiger partial charge >= 0.3 is 5.97 Å². The van der Waals surface area contributed by atoms with Crippen LogP contribution in [0, 0.1) is 0 Å². The van der Waals surface area contributed by atoms with Crippen LogP contribution in [-0.2, 0) is 16.1 Å². The number of thioether (sulfide) groups is 1. The van der Waals surface area contributed by atoms with Gasteiger partial charge in [0, 0.05) is 0 Å². The van der Waals surface area contributed by atoms with Crippen LogP contribution in [0.1, 0.15) is 5.56 Å². The van der Waals surface area contributed by atoms with Gasteiger partial charge in [-0.25, -0.2) is 4.98 Å². The number of ether oxygens (including phenoxy) is 2. The SMILES string of the molecule is COc1ccc(COC(=O)CSc2cnc3ccccc3n2)cc1Br. The minimum atomic E-state index is -0.299. The van der Waals surface area contributed by atoms with Gasteiger partial charge in [0.2, 0.25) is 0 Å². The van der Waals surface area contributed by atoms with Crippen molar-refractivity contribution in [2.24, 2.45) is 0 Å². The molecule has 128 valence electrons. The first-order valence-corrected chi connectivity index (χ1v) is 9.26. The molecule has 0 aliphatic heterocycles. The monoisotopic (exact) mass is 418 g/mol. The third kappa shape index (κ3) is 4.70. The van der Waals surface area contributed by atoms with Gasteiger partial charge in [0.25, 0.3) is 0 Å². The van der Waals surface area contributed by atoms with Crippen molar-refractivity contribution in [1.29, 1.82) is 0 Å². The number of hydrogen-bond acceptors (Lipinski definition) is 6. The molecule has 0 radical (unpaired) electrons. The van der Waals surface area contributed by atoms with Gasteiger partial charge in [0.05, 0.1) is 34.6 Å². The second-order valence-electron chi connectivity index (χ2n) is 5.12. The number of carbonyl (C=O) groups excluding carboxylic acids is 1. The number of benzene rings is 2. The molecule has 0 unspecified atom stereocenters. The Balaban J connectivity index is 1.52. The summed E-state index contributed by atoms with van der Waals surface area (Å²) in [4.78, 5) is 20.7. The maximum atomic E-state index is 11.9. The molecule has 0 aliphatic rings. The van der Waals surface area contributed by atoms with Gasteiger partial charge in [-0.3, -0.25) is 9.78 Å². The van der Waals surface area contributed by atoms with Crippen LogP contribution in [0.2, 0.25) is 0 Å². The fraction of sp³-hybridized carbons (Fsp3) is 0.167. The van der Waals surface area contributed by atoms with E-state index in [4.69, 9.17) is 9.47 Å². The molecule has 0 fully saturated rings. The second kappa shape index (κ2) is 8.31. The van der Waals surface area contributed by atoms with Crippen LogP contribution in [0.4, 0.5) is 0 Å². The molecule has 0 atom stereocenters. The summed E-state index contributed by atoms with van der Waals surface area (Å²) in [7, 11) is 1.60. The Labute approximate surface area is 157 Å². The van der Waals surface area contributed by atoms with E-state index in [1.165, 1.54) is 11.8 Å². The Morgan fingerprint density at radius 3 is 2.76 bits per heavy atom. The highest BCUT2D eigenvalue weighted by Gasteiger charge is 2.08. The number of halogens is 1. The third-order valence-corrected chi connectivity index (χ3v) is 4.87. The van der Waals surface area contributed by atoms with Gasteiger partial charge in [-0.05, 0) is 45.8 Å². The van der Waals surface area contributed by atoms with Gasteiger partial charge < -0.3 is 9.47 Å². The van der Waals surface area contributed by atoms with Gasteiger partial charge in [-0.1, -0.05) is 30.0 Å². The topological polar surface area (TPSA) is 61.3 Å². The highest BCUT2D eigenvalue weighted by Crippen LogP contribution is 2.26. The van der Waals surface area contributed by atoms with E-state index < -0.39 is 0 Å². The minimum absolute atomic E-state index is 0.185. The summed E-state index contributed by atoms with van der Waals surface area (Å²) < 4.78 is 11.3. The van der Waals surface area contributed by atoms with E-state index in [2.05, 4.69) is 25.9 Å². The van der Waals surface area contributed by atoms with Crippen LogP contribution in [0.5, 0.6) is 5.75 Å². The molecule has 0 spiro atoms. The molecule has 1 heterocycles. The van der Waals surface area contributed by atoms with Crippen molar-refractivity contribution in [1.82, 2.24) is 9.97 Å². The summed E-state index contributed by atoms with van der Waals surface area (Å²) in [5.41, 5.74) is 2.53. The summed E-state index contributed by atoms with van der Waals surface area (Å²) in [6.45, 7) is 0.214. The standard InChI is InChI=1S/C18H15BrN2O3S/c1-23-16-7-6-12(8-13(16)19)10-24-18(22)11-25-17-9-20-14-4-2-3-5-15(14)21-17/h2-9H,10-11H2,1H3. The molecule has 5 nitrogen and oxygen atoms in total. The van der Waals surface area contributed by atoms with Crippen molar-refractivity contribution in [3.8, 4) is 5.75 Å². The number of aromatic nitrogens is 2. The Hall–Kier alpha value is -2.12. The summed E-state index contributed by atoms with van der Waals surface area (Å²) in [5, 5.41) is 0.697. The lowest BCUT2D eigenvalue weighted by Gasteiger charge is -2.07. The largest absolute Gasteiger partial charge is 0.496 e. The smallest absolute Gasteiger partial charge is 0.316 e. The zero-order chi connectivity index (χ0) is 17.6. The predicted molar refractivity (Wildman–Crippen MR) is 101 cm³/mol. The molecule has 0 saturated heterocycles. The number of esters is 1. The van der Waals surface area contributed by atoms with Crippen LogP contribution in [-0.4, -0.2) is 28.8 Å². The Kier molecular flexibility index (Phi) is 5.88.